The van der Waals surface area contributed by atoms with Crippen molar-refractivity contribution in [2.24, 2.45) is 34.0 Å². The van der Waals surface area contributed by atoms with Gasteiger partial charge < -0.3 is 24.1 Å². The SMILES string of the molecule is C=C1[C@@H]2C[C@H](OC(C)=O)[C@H]3C4(C)C(O)[C@H](OC(C)=O)[C@H](OC(C)=O)C(C)(C)[C@H]4C(=O)C[C@]3(C2)[C@@H]1OC(C)=O. The number of Topliss-reactive ketones (excluding diaryl/α,β-unsaturated/α-hetero) is 1. The van der Waals surface area contributed by atoms with Gasteiger partial charge in [0.2, 0.25) is 0 Å². The van der Waals surface area contributed by atoms with Gasteiger partial charge in [-0.3, -0.25) is 24.0 Å². The van der Waals surface area contributed by atoms with Crippen molar-refractivity contribution in [3.05, 3.63) is 12.2 Å². The molecule has 0 aromatic carbocycles. The molecular weight excluding hydrogens is 496 g/mol. The van der Waals surface area contributed by atoms with E-state index in [0.717, 1.165) is 0 Å². The minimum atomic E-state index is -1.47. The van der Waals surface area contributed by atoms with Crippen LogP contribution in [0.3, 0.4) is 0 Å². The third kappa shape index (κ3) is 3.98. The molecule has 0 amide bonds. The number of ketones is 1. The smallest absolute Gasteiger partial charge is 0.303 e. The average Bonchev–Trinajstić information content (AvgIpc) is 2.94. The molecule has 38 heavy (non-hydrogen) atoms. The fraction of sp³-hybridized carbons (Fsp3) is 0.750. The maximum absolute atomic E-state index is 14.2. The molecule has 4 rings (SSSR count). The molecule has 0 radical (unpaired) electrons. The Hall–Kier alpha value is -2.75. The van der Waals surface area contributed by atoms with E-state index in [9.17, 15) is 29.1 Å². The molecule has 1 N–H and O–H groups in total. The van der Waals surface area contributed by atoms with Gasteiger partial charge in [0, 0.05) is 62.2 Å². The van der Waals surface area contributed by atoms with Crippen molar-refractivity contribution in [3.63, 3.8) is 0 Å². The predicted octanol–water partition coefficient (Wildman–Crippen LogP) is 2.29. The van der Waals surface area contributed by atoms with E-state index in [2.05, 4.69) is 6.58 Å². The lowest BCUT2D eigenvalue weighted by Crippen LogP contribution is -2.75. The summed E-state index contributed by atoms with van der Waals surface area (Å²) in [6, 6.07) is 0. The van der Waals surface area contributed by atoms with Crippen LogP contribution in [0.5, 0.6) is 0 Å². The standard InChI is InChI=1S/C28H38O10/c1-12-17-9-19(35-13(2)29)22-27(8)21(18(33)11-28(22,10-17)24(12)37-15(4)31)26(6,7)25(38-16(5)32)20(23(27)34)36-14(3)30/h17,19-25,34H,1,9-11H2,2-8H3/t17-,19+,20+,21-,22+,23?,24-,25+,27?,28+/m1/s1. The zero-order valence-electron chi connectivity index (χ0n) is 23.1. The van der Waals surface area contributed by atoms with Gasteiger partial charge in [-0.15, -0.1) is 0 Å². The van der Waals surface area contributed by atoms with E-state index in [1.807, 2.05) is 0 Å². The van der Waals surface area contributed by atoms with Gasteiger partial charge in [-0.2, -0.15) is 0 Å². The molecule has 0 aromatic heterocycles. The molecule has 4 saturated carbocycles. The van der Waals surface area contributed by atoms with Crippen molar-refractivity contribution >= 4 is 29.7 Å². The number of hydrogen-bond acceptors (Lipinski definition) is 10. The highest BCUT2D eigenvalue weighted by atomic mass is 16.6. The monoisotopic (exact) mass is 534 g/mol. The summed E-state index contributed by atoms with van der Waals surface area (Å²) in [6.07, 6.45) is -4.55. The molecular formula is C28H38O10. The van der Waals surface area contributed by atoms with Crippen molar-refractivity contribution < 1.29 is 48.0 Å². The number of carbonyl (C=O) groups is 5. The number of aliphatic hydroxyl groups excluding tert-OH is 1. The second-order valence-electron chi connectivity index (χ2n) is 12.4. The predicted molar refractivity (Wildman–Crippen MR) is 131 cm³/mol. The van der Waals surface area contributed by atoms with Gasteiger partial charge in [-0.05, 0) is 24.3 Å². The zero-order chi connectivity index (χ0) is 28.5. The largest absolute Gasteiger partial charge is 0.462 e. The highest BCUT2D eigenvalue weighted by Crippen LogP contribution is 2.72. The molecule has 0 saturated heterocycles. The first-order chi connectivity index (χ1) is 17.5. The summed E-state index contributed by atoms with van der Waals surface area (Å²) in [6.45, 7) is 14.5. The Morgan fingerprint density at radius 1 is 0.895 bits per heavy atom. The molecule has 1 spiro atoms. The van der Waals surface area contributed by atoms with Crippen LogP contribution in [0.25, 0.3) is 0 Å². The quantitative estimate of drug-likeness (QED) is 0.324. The number of rotatable bonds is 4. The van der Waals surface area contributed by atoms with Gasteiger partial charge in [0.05, 0.1) is 0 Å². The number of fused-ring (bicyclic) bond motifs is 3. The molecule has 2 unspecified atom stereocenters. The molecule has 0 heterocycles. The van der Waals surface area contributed by atoms with E-state index in [4.69, 9.17) is 18.9 Å². The summed E-state index contributed by atoms with van der Waals surface area (Å²) in [4.78, 5) is 63.0. The number of hydrogen-bond donors (Lipinski definition) is 1. The lowest BCUT2D eigenvalue weighted by atomic mass is 9.38. The zero-order valence-corrected chi connectivity index (χ0v) is 23.1. The maximum Gasteiger partial charge on any atom is 0.303 e. The van der Waals surface area contributed by atoms with Crippen LogP contribution in [0.2, 0.25) is 0 Å². The first-order valence-electron chi connectivity index (χ1n) is 13.1. The van der Waals surface area contributed by atoms with Crippen molar-refractivity contribution in [2.45, 2.75) is 98.2 Å². The molecule has 10 nitrogen and oxygen atoms in total. The van der Waals surface area contributed by atoms with Crippen LogP contribution in [-0.2, 0) is 42.9 Å². The van der Waals surface area contributed by atoms with Crippen LogP contribution in [-0.4, -0.2) is 65.3 Å². The summed E-state index contributed by atoms with van der Waals surface area (Å²) in [7, 11) is 0. The second kappa shape index (κ2) is 9.17. The van der Waals surface area contributed by atoms with Crippen LogP contribution in [0.4, 0.5) is 0 Å². The minimum Gasteiger partial charge on any atom is -0.462 e. The van der Waals surface area contributed by atoms with Gasteiger partial charge in [0.15, 0.2) is 6.10 Å². The number of carbonyl (C=O) groups excluding carboxylic acids is 5. The second-order valence-corrected chi connectivity index (χ2v) is 12.4. The summed E-state index contributed by atoms with van der Waals surface area (Å²) in [5, 5.41) is 12.1. The lowest BCUT2D eigenvalue weighted by molar-refractivity contribution is -0.285. The number of ether oxygens (including phenoxy) is 4. The van der Waals surface area contributed by atoms with E-state index in [1.54, 1.807) is 20.8 Å². The van der Waals surface area contributed by atoms with Gasteiger partial charge in [-0.25, -0.2) is 0 Å². The van der Waals surface area contributed by atoms with Crippen molar-refractivity contribution in [1.82, 2.24) is 0 Å². The van der Waals surface area contributed by atoms with E-state index in [1.165, 1.54) is 27.7 Å². The molecule has 0 aliphatic heterocycles. The highest BCUT2D eigenvalue weighted by molar-refractivity contribution is 5.86. The molecule has 10 atom stereocenters. The molecule has 4 aliphatic rings. The number of esters is 4. The van der Waals surface area contributed by atoms with Crippen molar-refractivity contribution in [1.29, 1.82) is 0 Å². The third-order valence-electron chi connectivity index (χ3n) is 9.56. The minimum absolute atomic E-state index is 0.00429. The Labute approximate surface area is 222 Å². The van der Waals surface area contributed by atoms with E-state index >= 15 is 0 Å². The first kappa shape index (κ1) is 28.3. The van der Waals surface area contributed by atoms with E-state index < -0.39 is 82.5 Å². The van der Waals surface area contributed by atoms with Gasteiger partial charge in [0.25, 0.3) is 0 Å². The van der Waals surface area contributed by atoms with Crippen molar-refractivity contribution in [2.75, 3.05) is 0 Å². The van der Waals surface area contributed by atoms with E-state index in [0.29, 0.717) is 18.4 Å². The summed E-state index contributed by atoms with van der Waals surface area (Å²) in [5.74, 6) is -4.25. The molecule has 4 fully saturated rings. The summed E-state index contributed by atoms with van der Waals surface area (Å²) >= 11 is 0. The Bertz CT molecular complexity index is 1090. The fourth-order valence-electron chi connectivity index (χ4n) is 8.92. The topological polar surface area (TPSA) is 143 Å². The van der Waals surface area contributed by atoms with Crippen molar-refractivity contribution in [3.8, 4) is 0 Å². The Morgan fingerprint density at radius 3 is 1.97 bits per heavy atom. The Kier molecular flexibility index (Phi) is 6.82. The lowest BCUT2D eigenvalue weighted by Gasteiger charge is -2.67. The van der Waals surface area contributed by atoms with Crippen LogP contribution >= 0.6 is 0 Å². The molecule has 4 aliphatic carbocycles. The van der Waals surface area contributed by atoms with Crippen LogP contribution in [0.1, 0.15) is 67.7 Å². The Balaban J connectivity index is 1.97. The third-order valence-corrected chi connectivity index (χ3v) is 9.56. The van der Waals surface area contributed by atoms with Gasteiger partial charge in [-0.1, -0.05) is 27.4 Å². The first-order valence-corrected chi connectivity index (χ1v) is 13.1. The summed E-state index contributed by atoms with van der Waals surface area (Å²) in [5.41, 5.74) is -2.72. The number of aliphatic hydroxyl groups is 1. The molecule has 10 heteroatoms. The Morgan fingerprint density at radius 2 is 1.45 bits per heavy atom. The van der Waals surface area contributed by atoms with Gasteiger partial charge in [0.1, 0.15) is 30.2 Å². The fourth-order valence-corrected chi connectivity index (χ4v) is 8.92. The van der Waals surface area contributed by atoms with Crippen LogP contribution in [0.15, 0.2) is 12.2 Å². The molecule has 210 valence electrons. The maximum atomic E-state index is 14.2. The normalized spacial score (nSPS) is 42.8. The molecule has 2 bridgehead atoms. The average molecular weight is 535 g/mol. The highest BCUT2D eigenvalue weighted by Gasteiger charge is 2.77. The van der Waals surface area contributed by atoms with Crippen LogP contribution in [0, 0.1) is 34.0 Å². The van der Waals surface area contributed by atoms with Crippen LogP contribution < -0.4 is 0 Å². The molecule has 0 aromatic rings. The van der Waals surface area contributed by atoms with Gasteiger partial charge >= 0.3 is 23.9 Å². The van der Waals surface area contributed by atoms with E-state index in [-0.39, 0.29) is 18.1 Å². The summed E-state index contributed by atoms with van der Waals surface area (Å²) < 4.78 is 22.9.